The molecule has 12 heteroatoms. The Bertz CT molecular complexity index is 638. The zero-order valence-electron chi connectivity index (χ0n) is 34.6. The van der Waals surface area contributed by atoms with Gasteiger partial charge in [-0.1, -0.05) is 104 Å². The van der Waals surface area contributed by atoms with Gasteiger partial charge < -0.3 is 57.2 Å². The molecule has 0 radical (unpaired) electrons. The third kappa shape index (κ3) is 44.1. The monoisotopic (exact) mass is 769 g/mol. The van der Waals surface area contributed by atoms with Gasteiger partial charge in [0.15, 0.2) is 5.79 Å². The summed E-state index contributed by atoms with van der Waals surface area (Å²) in [5.41, 5.74) is 0. The molecule has 0 aliphatic heterocycles. The van der Waals surface area contributed by atoms with Gasteiger partial charge in [-0.15, -0.1) is 0 Å². The van der Waals surface area contributed by atoms with Gasteiger partial charge in [0.25, 0.3) is 0 Å². The second kappa shape index (κ2) is 45.9. The van der Waals surface area contributed by atoms with Crippen LogP contribution in [0.2, 0.25) is 0 Å². The van der Waals surface area contributed by atoms with Crippen molar-refractivity contribution in [2.75, 3.05) is 139 Å². The maximum atomic E-state index is 8.61. The zero-order chi connectivity index (χ0) is 38.4. The number of hydrogen-bond donors (Lipinski definition) is 1. The number of aliphatic hydroxyl groups excluding tert-OH is 1. The largest absolute Gasteiger partial charge is 0.394 e. The molecular weight excluding hydrogens is 684 g/mol. The topological polar surface area (TPSA) is 122 Å². The molecule has 0 atom stereocenters. The molecule has 0 aromatic heterocycles. The number of rotatable bonds is 48. The van der Waals surface area contributed by atoms with Crippen molar-refractivity contribution in [2.24, 2.45) is 0 Å². The summed E-state index contributed by atoms with van der Waals surface area (Å²) < 4.78 is 62.2. The van der Waals surface area contributed by atoms with Crippen LogP contribution in [0.15, 0.2) is 0 Å². The van der Waals surface area contributed by atoms with Crippen molar-refractivity contribution in [2.45, 2.75) is 129 Å². The fourth-order valence-corrected chi connectivity index (χ4v) is 5.25. The number of ether oxygens (including phenoxy) is 11. The van der Waals surface area contributed by atoms with Crippen LogP contribution >= 0.6 is 0 Å². The highest BCUT2D eigenvalue weighted by molar-refractivity contribution is 4.63. The minimum atomic E-state index is -0.727. The van der Waals surface area contributed by atoms with E-state index in [-0.39, 0.29) is 6.61 Å². The van der Waals surface area contributed by atoms with Crippen LogP contribution in [-0.4, -0.2) is 150 Å². The second-order valence-corrected chi connectivity index (χ2v) is 13.5. The first-order valence-corrected chi connectivity index (χ1v) is 21.3. The van der Waals surface area contributed by atoms with Crippen molar-refractivity contribution in [1.82, 2.24) is 0 Å². The molecule has 1 N–H and O–H groups in total. The fourth-order valence-electron chi connectivity index (χ4n) is 5.25. The van der Waals surface area contributed by atoms with Crippen LogP contribution in [0, 0.1) is 0 Å². The van der Waals surface area contributed by atoms with E-state index in [1.165, 1.54) is 89.9 Å². The maximum Gasteiger partial charge on any atom is 0.188 e. The smallest absolute Gasteiger partial charge is 0.188 e. The van der Waals surface area contributed by atoms with E-state index in [4.69, 9.17) is 57.2 Å². The number of hydrogen-bond acceptors (Lipinski definition) is 12. The van der Waals surface area contributed by atoms with Crippen LogP contribution in [0.3, 0.4) is 0 Å². The van der Waals surface area contributed by atoms with E-state index in [1.54, 1.807) is 0 Å². The van der Waals surface area contributed by atoms with E-state index in [2.05, 4.69) is 13.8 Å². The summed E-state index contributed by atoms with van der Waals surface area (Å²) >= 11 is 0. The Hall–Kier alpha value is -0.480. The van der Waals surface area contributed by atoms with E-state index in [0.29, 0.717) is 132 Å². The molecule has 0 bridgehead atoms. The predicted octanol–water partition coefficient (Wildman–Crippen LogP) is 7.16. The van der Waals surface area contributed by atoms with Gasteiger partial charge in [0.05, 0.1) is 132 Å². The minimum absolute atomic E-state index is 0.0275. The molecule has 0 aliphatic carbocycles. The molecule has 0 heterocycles. The van der Waals surface area contributed by atoms with Crippen molar-refractivity contribution < 1.29 is 57.2 Å². The van der Waals surface area contributed by atoms with Crippen LogP contribution in [0.1, 0.15) is 124 Å². The van der Waals surface area contributed by atoms with Crippen molar-refractivity contribution in [3.63, 3.8) is 0 Å². The Morgan fingerprint density at radius 2 is 0.547 bits per heavy atom. The molecular formula is C41H84O12. The van der Waals surface area contributed by atoms with E-state index in [9.17, 15) is 0 Å². The number of unbranched alkanes of at least 4 members (excludes halogenated alkanes) is 14. The summed E-state index contributed by atoms with van der Waals surface area (Å²) in [7, 11) is 0. The summed E-state index contributed by atoms with van der Waals surface area (Å²) in [4.78, 5) is 0. The molecule has 0 unspecified atom stereocenters. The van der Waals surface area contributed by atoms with Gasteiger partial charge in [-0.05, 0) is 19.8 Å². The summed E-state index contributed by atoms with van der Waals surface area (Å²) in [5, 5.41) is 8.61. The van der Waals surface area contributed by atoms with Crippen LogP contribution in [-0.2, 0) is 52.1 Å². The Balaban J connectivity index is 3.72. The molecule has 12 nitrogen and oxygen atoms in total. The Labute approximate surface area is 324 Å². The molecule has 0 spiro atoms. The molecule has 0 aliphatic rings. The lowest BCUT2D eigenvalue weighted by atomic mass is 10.1. The summed E-state index contributed by atoms with van der Waals surface area (Å²) in [6.45, 7) is 16.8. The second-order valence-electron chi connectivity index (χ2n) is 13.5. The maximum absolute atomic E-state index is 8.61. The van der Waals surface area contributed by atoms with Crippen LogP contribution in [0.5, 0.6) is 0 Å². The molecule has 0 rings (SSSR count). The first-order chi connectivity index (χ1) is 26.2. The van der Waals surface area contributed by atoms with Gasteiger partial charge in [-0.25, -0.2) is 0 Å². The molecule has 0 amide bonds. The third-order valence-electron chi connectivity index (χ3n) is 8.39. The normalized spacial score (nSPS) is 12.0. The quantitative estimate of drug-likeness (QED) is 0.0500. The van der Waals surface area contributed by atoms with Gasteiger partial charge in [0, 0.05) is 0 Å². The Morgan fingerprint density at radius 1 is 0.302 bits per heavy atom. The van der Waals surface area contributed by atoms with Gasteiger partial charge >= 0.3 is 0 Å². The van der Waals surface area contributed by atoms with Crippen LogP contribution in [0.4, 0.5) is 0 Å². The van der Waals surface area contributed by atoms with E-state index < -0.39 is 5.79 Å². The molecule has 0 saturated carbocycles. The number of aliphatic hydroxyl groups is 1. The highest BCUT2D eigenvalue weighted by atomic mass is 16.7. The lowest BCUT2D eigenvalue weighted by Gasteiger charge is -2.30. The van der Waals surface area contributed by atoms with Gasteiger partial charge in [-0.3, -0.25) is 0 Å². The minimum Gasteiger partial charge on any atom is -0.394 e. The van der Waals surface area contributed by atoms with Crippen molar-refractivity contribution in [3.05, 3.63) is 0 Å². The van der Waals surface area contributed by atoms with E-state index in [1.807, 2.05) is 6.92 Å². The van der Waals surface area contributed by atoms with Gasteiger partial charge in [0.1, 0.15) is 6.61 Å². The van der Waals surface area contributed by atoms with Crippen molar-refractivity contribution in [1.29, 1.82) is 0 Å². The highest BCUT2D eigenvalue weighted by Gasteiger charge is 2.26. The Kier molecular flexibility index (Phi) is 45.5. The predicted molar refractivity (Wildman–Crippen MR) is 210 cm³/mol. The average molecular weight is 769 g/mol. The van der Waals surface area contributed by atoms with Crippen molar-refractivity contribution >= 4 is 0 Å². The molecule has 0 aromatic rings. The first-order valence-electron chi connectivity index (χ1n) is 21.3. The first kappa shape index (κ1) is 52.5. The highest BCUT2D eigenvalue weighted by Crippen LogP contribution is 2.17. The average Bonchev–Trinajstić information content (AvgIpc) is 3.16. The molecule has 0 aromatic carbocycles. The Morgan fingerprint density at radius 3 is 0.830 bits per heavy atom. The van der Waals surface area contributed by atoms with Gasteiger partial charge in [0.2, 0.25) is 0 Å². The lowest BCUT2D eigenvalue weighted by Crippen LogP contribution is -2.39. The molecule has 0 fully saturated rings. The van der Waals surface area contributed by atoms with Crippen LogP contribution < -0.4 is 0 Å². The summed E-state index contributed by atoms with van der Waals surface area (Å²) in [5.74, 6) is -0.727. The fraction of sp³-hybridized carbons (Fsp3) is 1.00. The van der Waals surface area contributed by atoms with Gasteiger partial charge in [-0.2, -0.15) is 0 Å². The molecule has 0 saturated heterocycles. The van der Waals surface area contributed by atoms with Crippen molar-refractivity contribution in [3.8, 4) is 0 Å². The standard InChI is InChI=1S/C41H84O12/c1-4-6-8-10-12-14-16-18-21-52-41(3,53-22-19-17-15-13-11-9-7-5-2)40-51-39-38-50-37-36-49-35-34-48-33-32-47-31-30-46-29-28-45-27-26-44-25-24-43-23-20-42/h42H,4-40H2,1-3H3. The van der Waals surface area contributed by atoms with E-state index >= 15 is 0 Å². The van der Waals surface area contributed by atoms with E-state index in [0.717, 1.165) is 12.8 Å². The molecule has 53 heavy (non-hydrogen) atoms. The summed E-state index contributed by atoms with van der Waals surface area (Å²) in [6.07, 6.45) is 20.4. The zero-order valence-corrected chi connectivity index (χ0v) is 34.6. The SMILES string of the molecule is CCCCCCCCCCOC(C)(COCCOCCOCCOCCOCCOCCOCCOCCOCCO)OCCCCCCCCCC. The van der Waals surface area contributed by atoms with Crippen LogP contribution in [0.25, 0.3) is 0 Å². The molecule has 320 valence electrons. The summed E-state index contributed by atoms with van der Waals surface area (Å²) in [6, 6.07) is 0. The lowest BCUT2D eigenvalue weighted by molar-refractivity contribution is -0.252. The third-order valence-corrected chi connectivity index (χ3v) is 8.39.